The van der Waals surface area contributed by atoms with E-state index in [1.807, 2.05) is 0 Å². The van der Waals surface area contributed by atoms with Crippen molar-refractivity contribution in [3.8, 4) is 0 Å². The number of halogens is 2. The molecule has 0 saturated carbocycles. The number of benzene rings is 3. The van der Waals surface area contributed by atoms with E-state index in [1.165, 1.54) is 6.07 Å². The van der Waals surface area contributed by atoms with Gasteiger partial charge in [-0.2, -0.15) is 0 Å². The summed E-state index contributed by atoms with van der Waals surface area (Å²) < 4.78 is 39.9. The Bertz CT molecular complexity index is 1310. The molecule has 0 aliphatic rings. The van der Waals surface area contributed by atoms with Crippen LogP contribution in [0, 0.1) is 11.6 Å². The van der Waals surface area contributed by atoms with Crippen molar-refractivity contribution in [2.45, 2.75) is 16.3 Å². The van der Waals surface area contributed by atoms with Crippen molar-refractivity contribution in [1.29, 1.82) is 0 Å². The molecule has 3 aromatic carbocycles. The summed E-state index contributed by atoms with van der Waals surface area (Å²) in [6.07, 6.45) is -0.382. The normalized spacial score (nSPS) is 12.0. The molecule has 9 heteroatoms. The van der Waals surface area contributed by atoms with E-state index < -0.39 is 34.3 Å². The molecule has 1 amide bonds. The second-order valence-electron chi connectivity index (χ2n) is 6.64. The molecule has 0 fully saturated rings. The molecule has 31 heavy (non-hydrogen) atoms. The Morgan fingerprint density at radius 3 is 2.26 bits per heavy atom. The molecule has 4 aromatic rings. The smallest absolute Gasteiger partial charge is 0.294 e. The summed E-state index contributed by atoms with van der Waals surface area (Å²) in [5.74, 6) is -2.35. The highest BCUT2D eigenvalue weighted by Gasteiger charge is 2.23. The van der Waals surface area contributed by atoms with Crippen LogP contribution in [0.3, 0.4) is 0 Å². The van der Waals surface area contributed by atoms with Crippen molar-refractivity contribution >= 4 is 27.9 Å². The molecule has 0 spiro atoms. The van der Waals surface area contributed by atoms with E-state index in [1.54, 1.807) is 48.5 Å². The molecule has 0 radical (unpaired) electrons. The SMILES string of the molecule is O=C(Cc1cc(F)cc(F)c1)Nn1nc([S+]([O-])c2ccccc2)c2ccccc2c1=O. The second kappa shape index (κ2) is 8.66. The lowest BCUT2D eigenvalue weighted by Gasteiger charge is -2.14. The van der Waals surface area contributed by atoms with Crippen LogP contribution in [0.4, 0.5) is 8.78 Å². The van der Waals surface area contributed by atoms with Gasteiger partial charge in [0.15, 0.2) is 4.90 Å². The minimum absolute atomic E-state index is 0.0944. The topological polar surface area (TPSA) is 87.1 Å². The zero-order chi connectivity index (χ0) is 22.0. The molecule has 4 rings (SSSR count). The van der Waals surface area contributed by atoms with Gasteiger partial charge >= 0.3 is 0 Å². The van der Waals surface area contributed by atoms with Gasteiger partial charge in [-0.05, 0) is 42.0 Å². The maximum Gasteiger partial charge on any atom is 0.294 e. The summed E-state index contributed by atoms with van der Waals surface area (Å²) in [6.45, 7) is 0. The highest BCUT2D eigenvalue weighted by molar-refractivity contribution is 7.91. The van der Waals surface area contributed by atoms with Crippen molar-refractivity contribution < 1.29 is 18.1 Å². The van der Waals surface area contributed by atoms with Gasteiger partial charge in [0.25, 0.3) is 10.6 Å². The lowest BCUT2D eigenvalue weighted by atomic mass is 10.1. The average molecular weight is 439 g/mol. The van der Waals surface area contributed by atoms with Gasteiger partial charge in [-0.1, -0.05) is 35.4 Å². The summed E-state index contributed by atoms with van der Waals surface area (Å²) in [4.78, 5) is 26.4. The van der Waals surface area contributed by atoms with Crippen LogP contribution in [0.2, 0.25) is 0 Å². The van der Waals surface area contributed by atoms with Gasteiger partial charge in [0.2, 0.25) is 5.91 Å². The van der Waals surface area contributed by atoms with Crippen molar-refractivity contribution in [3.63, 3.8) is 0 Å². The van der Waals surface area contributed by atoms with Crippen LogP contribution in [0.25, 0.3) is 10.8 Å². The van der Waals surface area contributed by atoms with Crippen LogP contribution in [0.5, 0.6) is 0 Å². The quantitative estimate of drug-likeness (QED) is 0.484. The zero-order valence-electron chi connectivity index (χ0n) is 15.9. The second-order valence-corrected chi connectivity index (χ2v) is 8.03. The molecule has 0 aliphatic heterocycles. The Hall–Kier alpha value is -3.56. The van der Waals surface area contributed by atoms with Crippen LogP contribution in [-0.4, -0.2) is 20.3 Å². The van der Waals surface area contributed by atoms with E-state index in [4.69, 9.17) is 0 Å². The number of hydrogen-bond acceptors (Lipinski definition) is 4. The molecule has 0 bridgehead atoms. The molecule has 1 heterocycles. The predicted octanol–water partition coefficient (Wildman–Crippen LogP) is 3.15. The fourth-order valence-electron chi connectivity index (χ4n) is 3.08. The first kappa shape index (κ1) is 20.7. The van der Waals surface area contributed by atoms with Crippen molar-refractivity contribution in [2.24, 2.45) is 0 Å². The van der Waals surface area contributed by atoms with Gasteiger partial charge in [-0.15, -0.1) is 4.79 Å². The van der Waals surface area contributed by atoms with Crippen molar-refractivity contribution in [2.75, 3.05) is 5.43 Å². The third-order valence-corrected chi connectivity index (χ3v) is 5.77. The van der Waals surface area contributed by atoms with E-state index >= 15 is 0 Å². The third kappa shape index (κ3) is 4.47. The Balaban J connectivity index is 1.71. The number of rotatable bonds is 5. The summed E-state index contributed by atoms with van der Waals surface area (Å²) in [5.41, 5.74) is 1.78. The lowest BCUT2D eigenvalue weighted by molar-refractivity contribution is -0.116. The van der Waals surface area contributed by atoms with Gasteiger partial charge in [0.05, 0.1) is 17.2 Å². The molecule has 0 saturated heterocycles. The van der Waals surface area contributed by atoms with Gasteiger partial charge in [-0.3, -0.25) is 9.59 Å². The number of carbonyl (C=O) groups excluding carboxylic acids is 1. The van der Waals surface area contributed by atoms with Crippen LogP contribution in [-0.2, 0) is 22.4 Å². The summed E-state index contributed by atoms with van der Waals surface area (Å²) in [5, 5.41) is 4.83. The first-order valence-electron chi connectivity index (χ1n) is 9.16. The Labute approximate surface area is 178 Å². The van der Waals surface area contributed by atoms with Crippen molar-refractivity contribution in [1.82, 2.24) is 9.89 Å². The first-order valence-corrected chi connectivity index (χ1v) is 10.3. The number of nitrogens with zero attached hydrogens (tertiary/aromatic N) is 2. The highest BCUT2D eigenvalue weighted by atomic mass is 32.2. The largest absolute Gasteiger partial charge is 0.605 e. The zero-order valence-corrected chi connectivity index (χ0v) is 16.7. The molecule has 156 valence electrons. The van der Waals surface area contributed by atoms with Crippen molar-refractivity contribution in [3.05, 3.63) is 100 Å². The van der Waals surface area contributed by atoms with Gasteiger partial charge in [-0.25, -0.2) is 14.2 Å². The Kier molecular flexibility index (Phi) is 5.79. The summed E-state index contributed by atoms with van der Waals surface area (Å²) >= 11 is -1.72. The number of hydrogen-bond donors (Lipinski definition) is 1. The van der Waals surface area contributed by atoms with E-state index in [0.29, 0.717) is 21.1 Å². The van der Waals surface area contributed by atoms with Gasteiger partial charge in [0.1, 0.15) is 11.6 Å². The Morgan fingerprint density at radius 2 is 1.58 bits per heavy atom. The van der Waals surface area contributed by atoms with Gasteiger partial charge < -0.3 is 4.55 Å². The number of amides is 1. The number of carbonyl (C=O) groups is 1. The first-order chi connectivity index (χ1) is 14.9. The molecule has 1 N–H and O–H groups in total. The minimum atomic E-state index is -1.72. The summed E-state index contributed by atoms with van der Waals surface area (Å²) in [7, 11) is 0. The molecule has 1 unspecified atom stereocenters. The number of nitrogens with one attached hydrogen (secondary N) is 1. The molecule has 0 aliphatic carbocycles. The maximum absolute atomic E-state index is 13.4. The average Bonchev–Trinajstić information content (AvgIpc) is 2.75. The van der Waals surface area contributed by atoms with Gasteiger partial charge in [0, 0.05) is 17.2 Å². The highest BCUT2D eigenvalue weighted by Crippen LogP contribution is 2.24. The van der Waals surface area contributed by atoms with E-state index in [-0.39, 0.29) is 22.4 Å². The molecule has 6 nitrogen and oxygen atoms in total. The molecule has 1 atom stereocenters. The maximum atomic E-state index is 13.4. The molecular formula is C22H15F2N3O3S. The number of fused-ring (bicyclic) bond motifs is 1. The fraction of sp³-hybridized carbons (Fsp3) is 0.0455. The Morgan fingerprint density at radius 1 is 0.968 bits per heavy atom. The predicted molar refractivity (Wildman–Crippen MR) is 112 cm³/mol. The minimum Gasteiger partial charge on any atom is -0.605 e. The summed E-state index contributed by atoms with van der Waals surface area (Å²) in [6, 6.07) is 17.8. The number of aromatic nitrogens is 2. The lowest BCUT2D eigenvalue weighted by Crippen LogP contribution is -2.37. The van der Waals surface area contributed by atoms with E-state index in [0.717, 1.165) is 12.1 Å². The van der Waals surface area contributed by atoms with Crippen LogP contribution < -0.4 is 11.0 Å². The molecular weight excluding hydrogens is 424 g/mol. The van der Waals surface area contributed by atoms with Crippen LogP contribution in [0.1, 0.15) is 5.56 Å². The molecule has 1 aromatic heterocycles. The van der Waals surface area contributed by atoms with Crippen LogP contribution in [0.15, 0.2) is 87.5 Å². The standard InChI is InChI=1S/C22H15F2N3O3S/c23-15-10-14(11-16(24)13-15)12-20(28)25-27-22(29)19-9-5-4-8-18(19)21(26-27)31(30)17-6-2-1-3-7-17/h1-11,13H,12H2,(H,25,28). The van der Waals surface area contributed by atoms with E-state index in [2.05, 4.69) is 10.5 Å². The van der Waals surface area contributed by atoms with E-state index in [9.17, 15) is 22.9 Å². The van der Waals surface area contributed by atoms with Crippen LogP contribution >= 0.6 is 0 Å². The third-order valence-electron chi connectivity index (χ3n) is 4.42. The fourth-order valence-corrected chi connectivity index (χ4v) is 4.25. The monoisotopic (exact) mass is 439 g/mol.